The Labute approximate surface area is 214 Å². The molecule has 37 heavy (non-hydrogen) atoms. The van der Waals surface area contributed by atoms with Gasteiger partial charge in [0, 0.05) is 41.5 Å². The Bertz CT molecular complexity index is 1610. The van der Waals surface area contributed by atoms with E-state index in [1.165, 1.54) is 0 Å². The fraction of sp³-hybridized carbons (Fsp3) is 0.276. The minimum absolute atomic E-state index is 0.00223. The van der Waals surface area contributed by atoms with Crippen molar-refractivity contribution in [1.82, 2.24) is 24.3 Å². The molecule has 3 aromatic heterocycles. The molecule has 3 atom stereocenters. The lowest BCUT2D eigenvalue weighted by Crippen LogP contribution is -2.33. The van der Waals surface area contributed by atoms with Gasteiger partial charge in [0.05, 0.1) is 12.5 Å². The van der Waals surface area contributed by atoms with Gasteiger partial charge in [0.2, 0.25) is 0 Å². The van der Waals surface area contributed by atoms with Crippen molar-refractivity contribution in [2.24, 2.45) is 5.92 Å². The number of likely N-dealkylation sites (tertiary alicyclic amines) is 1. The molecule has 0 radical (unpaired) electrons. The molecule has 1 saturated carbocycles. The maximum atomic E-state index is 12.9. The number of fused-ring (bicyclic) bond motifs is 2. The number of ketones is 1. The van der Waals surface area contributed by atoms with Gasteiger partial charge in [-0.15, -0.1) is 0 Å². The zero-order chi connectivity index (χ0) is 25.7. The molecule has 0 bridgehead atoms. The number of Topliss-reactive ketones (excluding diaryl/α,β-unsaturated/α-hetero) is 1. The van der Waals surface area contributed by atoms with Crippen molar-refractivity contribution in [3.05, 3.63) is 77.6 Å². The van der Waals surface area contributed by atoms with Crippen molar-refractivity contribution < 1.29 is 9.59 Å². The van der Waals surface area contributed by atoms with Crippen LogP contribution in [-0.4, -0.2) is 42.0 Å². The Kier molecular flexibility index (Phi) is 5.49. The number of aryl methyl sites for hydroxylation is 1. The van der Waals surface area contributed by atoms with Crippen LogP contribution in [0.25, 0.3) is 16.8 Å². The molecule has 4 heterocycles. The highest BCUT2D eigenvalue weighted by Crippen LogP contribution is 2.53. The van der Waals surface area contributed by atoms with Crippen molar-refractivity contribution in [2.45, 2.75) is 45.2 Å². The summed E-state index contributed by atoms with van der Waals surface area (Å²) in [7, 11) is 0. The standard InChI is InChI=1S/C29H26N6O2/c1-3-4-25(37)35-22-14-20(22)15-23(35)29-33-26(27-28(30)32-11-12-34(27)29)19-7-5-18(6-8-19)24(36)16-21-13-17(2)9-10-31-21/h5-13,20,22-23H,14-16H2,1-2H3,(H2,30,32). The van der Waals surface area contributed by atoms with E-state index >= 15 is 0 Å². The number of nitrogens with two attached hydrogens (primary N) is 1. The van der Waals surface area contributed by atoms with Crippen LogP contribution in [-0.2, 0) is 11.2 Å². The fourth-order valence-electron chi connectivity index (χ4n) is 5.45. The largest absolute Gasteiger partial charge is 0.382 e. The topological polar surface area (TPSA) is 106 Å². The highest BCUT2D eigenvalue weighted by molar-refractivity contribution is 5.98. The first-order valence-electron chi connectivity index (χ1n) is 12.4. The number of carbonyl (C=O) groups is 2. The minimum Gasteiger partial charge on any atom is -0.382 e. The number of hydrogen-bond donors (Lipinski definition) is 1. The number of hydrogen-bond acceptors (Lipinski definition) is 6. The average Bonchev–Trinajstić information content (AvgIpc) is 3.37. The normalized spacial score (nSPS) is 19.8. The second-order valence-corrected chi connectivity index (χ2v) is 9.75. The summed E-state index contributed by atoms with van der Waals surface area (Å²) >= 11 is 0. The summed E-state index contributed by atoms with van der Waals surface area (Å²) in [4.78, 5) is 41.2. The van der Waals surface area contributed by atoms with Crippen LogP contribution in [0.5, 0.6) is 0 Å². The first-order chi connectivity index (χ1) is 17.9. The molecule has 1 aliphatic carbocycles. The van der Waals surface area contributed by atoms with E-state index in [0.717, 1.165) is 35.5 Å². The predicted molar refractivity (Wildman–Crippen MR) is 139 cm³/mol. The number of nitrogens with zero attached hydrogens (tertiary/aromatic N) is 5. The third-order valence-electron chi connectivity index (χ3n) is 7.27. The summed E-state index contributed by atoms with van der Waals surface area (Å²) in [6.07, 6.45) is 7.31. The van der Waals surface area contributed by atoms with Crippen molar-refractivity contribution in [3.8, 4) is 23.1 Å². The number of benzene rings is 1. The van der Waals surface area contributed by atoms with Crippen molar-refractivity contribution in [2.75, 3.05) is 5.73 Å². The summed E-state index contributed by atoms with van der Waals surface area (Å²) < 4.78 is 1.94. The van der Waals surface area contributed by atoms with Gasteiger partial charge in [-0.2, -0.15) is 0 Å². The van der Waals surface area contributed by atoms with Crippen LogP contribution in [0.4, 0.5) is 5.82 Å². The maximum absolute atomic E-state index is 12.9. The smallest absolute Gasteiger partial charge is 0.299 e. The van der Waals surface area contributed by atoms with E-state index in [-0.39, 0.29) is 30.2 Å². The number of piperidine rings is 1. The number of carbonyl (C=O) groups excluding carboxylic acids is 2. The van der Waals surface area contributed by atoms with Gasteiger partial charge in [0.25, 0.3) is 5.91 Å². The van der Waals surface area contributed by atoms with Crippen LogP contribution in [0.2, 0.25) is 0 Å². The van der Waals surface area contributed by atoms with Gasteiger partial charge in [-0.25, -0.2) is 9.97 Å². The number of pyridine rings is 1. The maximum Gasteiger partial charge on any atom is 0.299 e. The van der Waals surface area contributed by atoms with Crippen molar-refractivity contribution in [3.63, 3.8) is 0 Å². The molecule has 1 saturated heterocycles. The number of imidazole rings is 1. The first kappa shape index (κ1) is 22.9. The van der Waals surface area contributed by atoms with Gasteiger partial charge in [0.15, 0.2) is 5.78 Å². The molecule has 1 amide bonds. The number of anilines is 1. The first-order valence-corrected chi connectivity index (χ1v) is 12.4. The van der Waals surface area contributed by atoms with E-state index in [1.807, 2.05) is 58.8 Å². The Hall–Kier alpha value is -4.51. The summed E-state index contributed by atoms with van der Waals surface area (Å²) in [6.45, 7) is 3.66. The van der Waals surface area contributed by atoms with Gasteiger partial charge in [-0.05, 0) is 56.2 Å². The van der Waals surface area contributed by atoms with Crippen LogP contribution in [0.1, 0.15) is 53.2 Å². The van der Waals surface area contributed by atoms with Gasteiger partial charge >= 0.3 is 0 Å². The van der Waals surface area contributed by atoms with E-state index < -0.39 is 0 Å². The Morgan fingerprint density at radius 3 is 2.68 bits per heavy atom. The van der Waals surface area contributed by atoms with Crippen molar-refractivity contribution >= 4 is 23.0 Å². The second kappa shape index (κ2) is 8.86. The number of nitrogen functional groups attached to an aromatic ring is 1. The quantitative estimate of drug-likeness (QED) is 0.337. The van der Waals surface area contributed by atoms with Gasteiger partial charge in [-0.1, -0.05) is 30.2 Å². The second-order valence-electron chi connectivity index (χ2n) is 9.75. The predicted octanol–water partition coefficient (Wildman–Crippen LogP) is 3.79. The Balaban J connectivity index is 1.35. The molecular formula is C29H26N6O2. The van der Waals surface area contributed by atoms with Crippen LogP contribution in [0, 0.1) is 24.7 Å². The lowest BCUT2D eigenvalue weighted by molar-refractivity contribution is -0.127. The Morgan fingerprint density at radius 1 is 1.11 bits per heavy atom. The third-order valence-corrected chi connectivity index (χ3v) is 7.27. The van der Waals surface area contributed by atoms with E-state index in [1.54, 1.807) is 19.3 Å². The van der Waals surface area contributed by atoms with Crippen LogP contribution < -0.4 is 5.73 Å². The molecule has 184 valence electrons. The zero-order valence-corrected chi connectivity index (χ0v) is 20.7. The van der Waals surface area contributed by atoms with Crippen LogP contribution >= 0.6 is 0 Å². The molecule has 2 N–H and O–H groups in total. The molecule has 2 fully saturated rings. The van der Waals surface area contributed by atoms with E-state index in [2.05, 4.69) is 21.8 Å². The fourth-order valence-corrected chi connectivity index (χ4v) is 5.45. The summed E-state index contributed by atoms with van der Waals surface area (Å²) in [5, 5.41) is 0. The third kappa shape index (κ3) is 4.02. The minimum atomic E-state index is -0.178. The number of amides is 1. The van der Waals surface area contributed by atoms with E-state index in [4.69, 9.17) is 10.7 Å². The van der Waals surface area contributed by atoms with Gasteiger partial charge in [0.1, 0.15) is 22.9 Å². The highest BCUT2D eigenvalue weighted by atomic mass is 16.2. The van der Waals surface area contributed by atoms with Crippen LogP contribution in [0.15, 0.2) is 55.0 Å². The van der Waals surface area contributed by atoms with Gasteiger partial charge < -0.3 is 10.6 Å². The molecule has 6 rings (SSSR count). The Morgan fingerprint density at radius 2 is 1.92 bits per heavy atom. The lowest BCUT2D eigenvalue weighted by atomic mass is 10.0. The molecule has 2 aliphatic rings. The summed E-state index contributed by atoms with van der Waals surface area (Å²) in [6, 6.07) is 11.3. The SMILES string of the molecule is CC#CC(=O)N1C(c2nc(-c3ccc(C(=O)Cc4cc(C)ccn4)cc3)c3c(N)nccn23)CC2CC21. The molecule has 1 aliphatic heterocycles. The number of aromatic nitrogens is 4. The zero-order valence-electron chi connectivity index (χ0n) is 20.7. The molecule has 8 heteroatoms. The molecule has 4 aromatic rings. The highest BCUT2D eigenvalue weighted by Gasteiger charge is 2.55. The molecule has 0 spiro atoms. The summed E-state index contributed by atoms with van der Waals surface area (Å²) in [5.74, 6) is 6.87. The van der Waals surface area contributed by atoms with Crippen molar-refractivity contribution in [1.29, 1.82) is 0 Å². The van der Waals surface area contributed by atoms with E-state index in [0.29, 0.717) is 28.5 Å². The van der Waals surface area contributed by atoms with Gasteiger partial charge in [-0.3, -0.25) is 19.0 Å². The lowest BCUT2D eigenvalue weighted by Gasteiger charge is -2.24. The molecule has 1 aromatic carbocycles. The monoisotopic (exact) mass is 490 g/mol. The molecule has 8 nitrogen and oxygen atoms in total. The van der Waals surface area contributed by atoms with Crippen LogP contribution in [0.3, 0.4) is 0 Å². The summed E-state index contributed by atoms with van der Waals surface area (Å²) in [5.41, 5.74) is 10.9. The number of rotatable bonds is 5. The van der Waals surface area contributed by atoms with E-state index in [9.17, 15) is 9.59 Å². The molecule has 3 unspecified atom stereocenters. The average molecular weight is 491 g/mol. The molecular weight excluding hydrogens is 464 g/mol.